The molecule has 1 aromatic carbocycles. The maximum Gasteiger partial charge on any atom is 0.242 e. The zero-order chi connectivity index (χ0) is 10.6. The number of benzene rings is 1. The first kappa shape index (κ1) is 11.2. The normalized spacial score (nSPS) is 11.2. The fraction of sp³-hybridized carbons (Fsp3) is 0.111. The minimum atomic E-state index is -3.51. The Hall–Kier alpha value is -0.840. The SMILES string of the molecule is C=CCNS(=O)(=O)c1ccccc1Cl. The second-order valence-corrected chi connectivity index (χ2v) is 4.71. The molecule has 0 atom stereocenters. The summed E-state index contributed by atoms with van der Waals surface area (Å²) < 4.78 is 25.5. The Morgan fingerprint density at radius 2 is 2.07 bits per heavy atom. The Balaban J connectivity index is 3.04. The lowest BCUT2D eigenvalue weighted by Gasteiger charge is -2.05. The van der Waals surface area contributed by atoms with E-state index in [4.69, 9.17) is 11.6 Å². The molecule has 0 amide bonds. The number of sulfonamides is 1. The Labute approximate surface area is 88.5 Å². The summed E-state index contributed by atoms with van der Waals surface area (Å²) in [6.07, 6.45) is 1.47. The zero-order valence-corrected chi connectivity index (χ0v) is 8.98. The van der Waals surface area contributed by atoms with Gasteiger partial charge >= 0.3 is 0 Å². The van der Waals surface area contributed by atoms with E-state index in [-0.39, 0.29) is 16.5 Å². The van der Waals surface area contributed by atoms with Gasteiger partial charge in [-0.15, -0.1) is 6.58 Å². The summed E-state index contributed by atoms with van der Waals surface area (Å²) in [7, 11) is -3.51. The molecule has 14 heavy (non-hydrogen) atoms. The summed E-state index contributed by atoms with van der Waals surface area (Å²) in [4.78, 5) is 0.0866. The monoisotopic (exact) mass is 231 g/mol. The molecule has 5 heteroatoms. The van der Waals surface area contributed by atoms with Crippen LogP contribution in [0.25, 0.3) is 0 Å². The second-order valence-electron chi connectivity index (χ2n) is 2.57. The predicted molar refractivity (Wildman–Crippen MR) is 56.8 cm³/mol. The van der Waals surface area contributed by atoms with Crippen molar-refractivity contribution in [2.24, 2.45) is 0 Å². The van der Waals surface area contributed by atoms with Gasteiger partial charge in [-0.1, -0.05) is 29.8 Å². The van der Waals surface area contributed by atoms with Crippen molar-refractivity contribution in [2.45, 2.75) is 4.90 Å². The van der Waals surface area contributed by atoms with Gasteiger partial charge in [0.1, 0.15) is 4.90 Å². The van der Waals surface area contributed by atoms with Crippen LogP contribution < -0.4 is 4.72 Å². The van der Waals surface area contributed by atoms with Crippen LogP contribution in [0.4, 0.5) is 0 Å². The van der Waals surface area contributed by atoms with Gasteiger partial charge in [-0.3, -0.25) is 0 Å². The molecule has 0 unspecified atom stereocenters. The smallest absolute Gasteiger partial charge is 0.207 e. The van der Waals surface area contributed by atoms with Crippen LogP contribution in [0.15, 0.2) is 41.8 Å². The van der Waals surface area contributed by atoms with Crippen molar-refractivity contribution in [3.8, 4) is 0 Å². The highest BCUT2D eigenvalue weighted by molar-refractivity contribution is 7.89. The molecule has 0 aliphatic rings. The largest absolute Gasteiger partial charge is 0.242 e. The second kappa shape index (κ2) is 4.59. The molecule has 0 bridgehead atoms. The molecule has 0 heterocycles. The number of nitrogens with one attached hydrogen (secondary N) is 1. The molecule has 3 nitrogen and oxygen atoms in total. The van der Waals surface area contributed by atoms with Gasteiger partial charge in [-0.05, 0) is 12.1 Å². The van der Waals surface area contributed by atoms with Gasteiger partial charge in [0.25, 0.3) is 0 Å². The van der Waals surface area contributed by atoms with Crippen molar-refractivity contribution < 1.29 is 8.42 Å². The molecule has 1 rings (SSSR count). The van der Waals surface area contributed by atoms with Crippen LogP contribution in [0.2, 0.25) is 5.02 Å². The van der Waals surface area contributed by atoms with E-state index in [0.717, 1.165) is 0 Å². The molecule has 0 saturated carbocycles. The van der Waals surface area contributed by atoms with E-state index in [2.05, 4.69) is 11.3 Å². The van der Waals surface area contributed by atoms with Gasteiger partial charge < -0.3 is 0 Å². The third-order valence-corrected chi connectivity index (χ3v) is 3.47. The van der Waals surface area contributed by atoms with E-state index in [9.17, 15) is 8.42 Å². The van der Waals surface area contributed by atoms with E-state index < -0.39 is 10.0 Å². The van der Waals surface area contributed by atoms with Crippen molar-refractivity contribution in [1.29, 1.82) is 0 Å². The predicted octanol–water partition coefficient (Wildman–Crippen LogP) is 1.80. The summed E-state index contributed by atoms with van der Waals surface area (Å²) in [6, 6.07) is 6.28. The summed E-state index contributed by atoms with van der Waals surface area (Å²) in [6.45, 7) is 3.61. The molecule has 0 aliphatic carbocycles. The number of hydrogen-bond donors (Lipinski definition) is 1. The Morgan fingerprint density at radius 1 is 1.43 bits per heavy atom. The summed E-state index contributed by atoms with van der Waals surface area (Å²) in [5.74, 6) is 0. The topological polar surface area (TPSA) is 46.2 Å². The quantitative estimate of drug-likeness (QED) is 0.804. The molecule has 0 spiro atoms. The molecule has 1 aromatic rings. The fourth-order valence-corrected chi connectivity index (χ4v) is 2.42. The van der Waals surface area contributed by atoms with Crippen molar-refractivity contribution in [3.05, 3.63) is 41.9 Å². The lowest BCUT2D eigenvalue weighted by atomic mass is 10.4. The highest BCUT2D eigenvalue weighted by Gasteiger charge is 2.15. The number of rotatable bonds is 4. The van der Waals surface area contributed by atoms with Gasteiger partial charge in [0.2, 0.25) is 10.0 Å². The highest BCUT2D eigenvalue weighted by atomic mass is 35.5. The molecule has 76 valence electrons. The van der Waals surface area contributed by atoms with Gasteiger partial charge in [0, 0.05) is 6.54 Å². The minimum Gasteiger partial charge on any atom is -0.207 e. The van der Waals surface area contributed by atoms with Crippen LogP contribution in [0.1, 0.15) is 0 Å². The highest BCUT2D eigenvalue weighted by Crippen LogP contribution is 2.19. The molecule has 0 aromatic heterocycles. The third-order valence-electron chi connectivity index (χ3n) is 1.54. The van der Waals surface area contributed by atoms with Crippen LogP contribution in [0.3, 0.4) is 0 Å². The first-order chi connectivity index (χ1) is 6.58. The Morgan fingerprint density at radius 3 is 2.64 bits per heavy atom. The van der Waals surface area contributed by atoms with Gasteiger partial charge in [0.15, 0.2) is 0 Å². The standard InChI is InChI=1S/C9H10ClNO2S/c1-2-7-11-14(12,13)9-6-4-3-5-8(9)10/h2-6,11H,1,7H2. The molecule has 0 saturated heterocycles. The van der Waals surface area contributed by atoms with E-state index in [1.165, 1.54) is 18.2 Å². The van der Waals surface area contributed by atoms with E-state index >= 15 is 0 Å². The van der Waals surface area contributed by atoms with Gasteiger partial charge in [-0.2, -0.15) is 0 Å². The molecule has 0 radical (unpaired) electrons. The van der Waals surface area contributed by atoms with Crippen molar-refractivity contribution in [2.75, 3.05) is 6.54 Å². The summed E-state index contributed by atoms with van der Waals surface area (Å²) in [5, 5.41) is 0.212. The van der Waals surface area contributed by atoms with Crippen LogP contribution in [-0.2, 0) is 10.0 Å². The summed E-state index contributed by atoms with van der Waals surface area (Å²) in [5.41, 5.74) is 0. The first-order valence-corrected chi connectivity index (χ1v) is 5.79. The maximum atomic E-state index is 11.6. The molecule has 1 N–H and O–H groups in total. The average Bonchev–Trinajstić information content (AvgIpc) is 2.15. The molecule has 0 aliphatic heterocycles. The molecular weight excluding hydrogens is 222 g/mol. The lowest BCUT2D eigenvalue weighted by molar-refractivity contribution is 0.585. The van der Waals surface area contributed by atoms with E-state index in [1.807, 2.05) is 0 Å². The van der Waals surface area contributed by atoms with Crippen LogP contribution in [0, 0.1) is 0 Å². The van der Waals surface area contributed by atoms with E-state index in [0.29, 0.717) is 0 Å². The van der Waals surface area contributed by atoms with Gasteiger partial charge in [0.05, 0.1) is 5.02 Å². The van der Waals surface area contributed by atoms with Gasteiger partial charge in [-0.25, -0.2) is 13.1 Å². The van der Waals surface area contributed by atoms with Crippen LogP contribution in [0.5, 0.6) is 0 Å². The lowest BCUT2D eigenvalue weighted by Crippen LogP contribution is -2.23. The Bertz CT molecular complexity index is 428. The first-order valence-electron chi connectivity index (χ1n) is 3.93. The molecule has 0 fully saturated rings. The molecular formula is C9H10ClNO2S. The van der Waals surface area contributed by atoms with Crippen LogP contribution >= 0.6 is 11.6 Å². The number of halogens is 1. The van der Waals surface area contributed by atoms with Crippen molar-refractivity contribution in [1.82, 2.24) is 4.72 Å². The zero-order valence-electron chi connectivity index (χ0n) is 7.40. The number of hydrogen-bond acceptors (Lipinski definition) is 2. The van der Waals surface area contributed by atoms with Crippen molar-refractivity contribution >= 4 is 21.6 Å². The fourth-order valence-electron chi connectivity index (χ4n) is 0.909. The average molecular weight is 232 g/mol. The maximum absolute atomic E-state index is 11.6. The third kappa shape index (κ3) is 2.57. The minimum absolute atomic E-state index is 0.0866. The van der Waals surface area contributed by atoms with Crippen LogP contribution in [-0.4, -0.2) is 15.0 Å². The summed E-state index contributed by atoms with van der Waals surface area (Å²) >= 11 is 5.74. The Kier molecular flexibility index (Phi) is 3.69. The van der Waals surface area contributed by atoms with E-state index in [1.54, 1.807) is 12.1 Å². The van der Waals surface area contributed by atoms with Crippen molar-refractivity contribution in [3.63, 3.8) is 0 Å².